The van der Waals surface area contributed by atoms with Crippen LogP contribution < -0.4 is 15.4 Å². The number of anilines is 1. The summed E-state index contributed by atoms with van der Waals surface area (Å²) in [5, 5.41) is 0. The Morgan fingerprint density at radius 2 is 2.05 bits per heavy atom. The van der Waals surface area contributed by atoms with Gasteiger partial charge < -0.3 is 15.4 Å². The Kier molecular flexibility index (Phi) is 3.80. The van der Waals surface area contributed by atoms with Crippen LogP contribution in [0.1, 0.15) is 26.3 Å². The van der Waals surface area contributed by atoms with Crippen LogP contribution in [0.25, 0.3) is 0 Å². The molecule has 1 aromatic carbocycles. The number of fused-ring (bicyclic) bond motifs is 1. The molecule has 4 nitrogen and oxygen atoms in total. The molecule has 1 aromatic rings. The Morgan fingerprint density at radius 3 is 2.63 bits per heavy atom. The monoisotopic (exact) mass is 262 g/mol. The average molecular weight is 262 g/mol. The van der Waals surface area contributed by atoms with E-state index in [1.807, 2.05) is 45.9 Å². The number of carbonyl (C=O) groups excluding carboxylic acids is 1. The molecule has 0 saturated heterocycles. The molecule has 0 fully saturated rings. The molecule has 1 aliphatic rings. The number of carbonyl (C=O) groups is 1. The summed E-state index contributed by atoms with van der Waals surface area (Å²) >= 11 is 0. The van der Waals surface area contributed by atoms with Crippen LogP contribution in [0, 0.1) is 12.8 Å². The highest BCUT2D eigenvalue weighted by Crippen LogP contribution is 2.37. The molecule has 1 heterocycles. The van der Waals surface area contributed by atoms with Gasteiger partial charge in [-0.15, -0.1) is 0 Å². The normalized spacial score (nSPS) is 20.2. The number of nitrogens with two attached hydrogens (primary N) is 1. The zero-order valence-electron chi connectivity index (χ0n) is 12.0. The molecule has 2 N–H and O–H groups in total. The van der Waals surface area contributed by atoms with Crippen molar-refractivity contribution in [3.63, 3.8) is 0 Å². The van der Waals surface area contributed by atoms with Crippen LogP contribution in [-0.2, 0) is 4.79 Å². The van der Waals surface area contributed by atoms with Gasteiger partial charge in [-0.05, 0) is 37.5 Å². The number of benzene rings is 1. The van der Waals surface area contributed by atoms with Crippen molar-refractivity contribution in [2.45, 2.75) is 39.8 Å². The number of hydrogen-bond donors (Lipinski definition) is 1. The van der Waals surface area contributed by atoms with Crippen LogP contribution in [0.15, 0.2) is 18.2 Å². The van der Waals surface area contributed by atoms with Gasteiger partial charge in [0.1, 0.15) is 5.75 Å². The van der Waals surface area contributed by atoms with Crippen LogP contribution >= 0.6 is 0 Å². The molecule has 2 atom stereocenters. The molecule has 0 saturated carbocycles. The maximum Gasteiger partial charge on any atom is 0.268 e. The number of nitrogens with zero attached hydrogens (tertiary/aromatic N) is 1. The summed E-state index contributed by atoms with van der Waals surface area (Å²) in [5.74, 6) is 0.913. The van der Waals surface area contributed by atoms with Gasteiger partial charge in [0.05, 0.1) is 5.69 Å². The Hall–Kier alpha value is -1.55. The first-order chi connectivity index (χ1) is 8.95. The molecule has 4 heteroatoms. The van der Waals surface area contributed by atoms with Crippen molar-refractivity contribution in [1.82, 2.24) is 0 Å². The van der Waals surface area contributed by atoms with E-state index in [1.54, 1.807) is 4.90 Å². The first-order valence-corrected chi connectivity index (χ1v) is 6.76. The van der Waals surface area contributed by atoms with Gasteiger partial charge in [-0.25, -0.2) is 0 Å². The summed E-state index contributed by atoms with van der Waals surface area (Å²) in [5.41, 5.74) is 7.68. The van der Waals surface area contributed by atoms with Gasteiger partial charge in [0.25, 0.3) is 5.91 Å². The third-order valence-corrected chi connectivity index (χ3v) is 3.50. The van der Waals surface area contributed by atoms with E-state index in [0.717, 1.165) is 17.0 Å². The lowest BCUT2D eigenvalue weighted by Gasteiger charge is -2.39. The summed E-state index contributed by atoms with van der Waals surface area (Å²) in [6.07, 6.45) is -0.428. The van der Waals surface area contributed by atoms with E-state index in [4.69, 9.17) is 10.5 Å². The number of rotatable bonds is 3. The lowest BCUT2D eigenvalue weighted by molar-refractivity contribution is -0.128. The van der Waals surface area contributed by atoms with E-state index in [2.05, 4.69) is 0 Å². The first-order valence-electron chi connectivity index (χ1n) is 6.76. The molecule has 0 aliphatic carbocycles. The molecule has 19 heavy (non-hydrogen) atoms. The SMILES string of the molecule is Cc1ccc2c(c1)OC(C(C)C)C(=O)N2C(C)CN. The summed E-state index contributed by atoms with van der Waals surface area (Å²) in [7, 11) is 0. The molecule has 0 aromatic heterocycles. The Bertz CT molecular complexity index is 485. The van der Waals surface area contributed by atoms with E-state index in [-0.39, 0.29) is 17.9 Å². The topological polar surface area (TPSA) is 55.6 Å². The second-order valence-electron chi connectivity index (χ2n) is 5.55. The van der Waals surface area contributed by atoms with Crippen molar-refractivity contribution >= 4 is 11.6 Å². The van der Waals surface area contributed by atoms with E-state index in [1.165, 1.54) is 0 Å². The molecule has 1 aliphatic heterocycles. The molecule has 104 valence electrons. The minimum absolute atomic E-state index is 0.00398. The highest BCUT2D eigenvalue weighted by atomic mass is 16.5. The third-order valence-electron chi connectivity index (χ3n) is 3.50. The van der Waals surface area contributed by atoms with Crippen molar-refractivity contribution in [1.29, 1.82) is 0 Å². The summed E-state index contributed by atoms with van der Waals surface area (Å²) in [6.45, 7) is 8.40. The summed E-state index contributed by atoms with van der Waals surface area (Å²) < 4.78 is 5.88. The van der Waals surface area contributed by atoms with Crippen LogP contribution in [0.3, 0.4) is 0 Å². The number of hydrogen-bond acceptors (Lipinski definition) is 3. The van der Waals surface area contributed by atoms with Crippen molar-refractivity contribution in [3.05, 3.63) is 23.8 Å². The first kappa shape index (κ1) is 13.9. The molecule has 2 rings (SSSR count). The lowest BCUT2D eigenvalue weighted by Crippen LogP contribution is -2.53. The highest BCUT2D eigenvalue weighted by Gasteiger charge is 2.38. The van der Waals surface area contributed by atoms with Crippen LogP contribution in [0.4, 0.5) is 5.69 Å². The van der Waals surface area contributed by atoms with E-state index < -0.39 is 6.10 Å². The minimum Gasteiger partial charge on any atom is -0.478 e. The number of aryl methyl sites for hydroxylation is 1. The molecular formula is C15H22N2O2. The predicted molar refractivity (Wildman–Crippen MR) is 76.4 cm³/mol. The lowest BCUT2D eigenvalue weighted by atomic mass is 10.0. The second-order valence-corrected chi connectivity index (χ2v) is 5.55. The van der Waals surface area contributed by atoms with Gasteiger partial charge in [-0.1, -0.05) is 19.9 Å². The van der Waals surface area contributed by atoms with E-state index >= 15 is 0 Å². The van der Waals surface area contributed by atoms with Gasteiger partial charge in [-0.2, -0.15) is 0 Å². The second kappa shape index (κ2) is 5.21. The van der Waals surface area contributed by atoms with E-state index in [9.17, 15) is 4.79 Å². The summed E-state index contributed by atoms with van der Waals surface area (Å²) in [6, 6.07) is 5.87. The zero-order chi connectivity index (χ0) is 14.2. The molecule has 0 spiro atoms. The number of ether oxygens (including phenoxy) is 1. The fraction of sp³-hybridized carbons (Fsp3) is 0.533. The highest BCUT2D eigenvalue weighted by molar-refractivity contribution is 6.00. The van der Waals surface area contributed by atoms with Crippen molar-refractivity contribution in [2.24, 2.45) is 11.7 Å². The largest absolute Gasteiger partial charge is 0.478 e. The van der Waals surface area contributed by atoms with Crippen LogP contribution in [0.5, 0.6) is 5.75 Å². The Balaban J connectivity index is 2.49. The fourth-order valence-corrected chi connectivity index (χ4v) is 2.34. The maximum atomic E-state index is 12.6. The maximum absolute atomic E-state index is 12.6. The van der Waals surface area contributed by atoms with E-state index in [0.29, 0.717) is 6.54 Å². The summed E-state index contributed by atoms with van der Waals surface area (Å²) in [4.78, 5) is 14.3. The van der Waals surface area contributed by atoms with Crippen LogP contribution in [0.2, 0.25) is 0 Å². The van der Waals surface area contributed by atoms with Crippen molar-refractivity contribution in [2.75, 3.05) is 11.4 Å². The minimum atomic E-state index is -0.428. The Labute approximate surface area is 114 Å². The van der Waals surface area contributed by atoms with Crippen molar-refractivity contribution < 1.29 is 9.53 Å². The molecular weight excluding hydrogens is 240 g/mol. The molecule has 1 amide bonds. The molecule has 2 unspecified atom stereocenters. The van der Waals surface area contributed by atoms with Gasteiger partial charge >= 0.3 is 0 Å². The number of amides is 1. The standard InChI is InChI=1S/C15H22N2O2/c1-9(2)14-15(18)17(11(4)8-16)12-6-5-10(3)7-13(12)19-14/h5-7,9,11,14H,8,16H2,1-4H3. The fourth-order valence-electron chi connectivity index (χ4n) is 2.34. The van der Waals surface area contributed by atoms with Gasteiger partial charge in [0.2, 0.25) is 0 Å². The Morgan fingerprint density at radius 1 is 1.37 bits per heavy atom. The smallest absolute Gasteiger partial charge is 0.268 e. The quantitative estimate of drug-likeness (QED) is 0.907. The van der Waals surface area contributed by atoms with Gasteiger partial charge in [0, 0.05) is 12.6 Å². The van der Waals surface area contributed by atoms with Crippen LogP contribution in [-0.4, -0.2) is 24.6 Å². The van der Waals surface area contributed by atoms with Crippen molar-refractivity contribution in [3.8, 4) is 5.75 Å². The zero-order valence-corrected chi connectivity index (χ0v) is 12.0. The molecule has 0 radical (unpaired) electrons. The van der Waals surface area contributed by atoms with Gasteiger partial charge in [-0.3, -0.25) is 4.79 Å². The predicted octanol–water partition coefficient (Wildman–Crippen LogP) is 2.09. The third kappa shape index (κ3) is 2.45. The molecule has 0 bridgehead atoms. The van der Waals surface area contributed by atoms with Gasteiger partial charge in [0.15, 0.2) is 6.10 Å². The average Bonchev–Trinajstić information content (AvgIpc) is 2.37.